The normalized spacial score (nSPS) is 11.8. The van der Waals surface area contributed by atoms with Crippen molar-refractivity contribution in [2.75, 3.05) is 30.0 Å². The molecule has 0 unspecified atom stereocenters. The van der Waals surface area contributed by atoms with Gasteiger partial charge in [0.2, 0.25) is 18.3 Å². The van der Waals surface area contributed by atoms with Gasteiger partial charge in [-0.2, -0.15) is 15.0 Å². The van der Waals surface area contributed by atoms with Gasteiger partial charge in [0.15, 0.2) is 0 Å². The minimum atomic E-state index is -0.716. The first-order valence-electron chi connectivity index (χ1n) is 9.37. The molecule has 0 fully saturated rings. The molecule has 158 valence electrons. The molecule has 0 aliphatic carbocycles. The van der Waals surface area contributed by atoms with Crippen LogP contribution in [-0.4, -0.2) is 57.7 Å². The van der Waals surface area contributed by atoms with Crippen molar-refractivity contribution < 1.29 is 14.8 Å². The van der Waals surface area contributed by atoms with Crippen LogP contribution in [0.3, 0.4) is 0 Å². The maximum Gasteiger partial charge on any atom is 0.252 e. The van der Waals surface area contributed by atoms with Crippen molar-refractivity contribution in [3.8, 4) is 0 Å². The summed E-state index contributed by atoms with van der Waals surface area (Å²) in [6.07, 6.45) is 1.85. The average Bonchev–Trinajstić information content (AvgIpc) is 3.27. The molecule has 0 bridgehead atoms. The predicted molar refractivity (Wildman–Crippen MR) is 111 cm³/mol. The van der Waals surface area contributed by atoms with E-state index in [1.165, 1.54) is 0 Å². The highest BCUT2D eigenvalue weighted by Gasteiger charge is 2.28. The van der Waals surface area contributed by atoms with Gasteiger partial charge in [-0.25, -0.2) is 15.9 Å². The summed E-state index contributed by atoms with van der Waals surface area (Å²) in [5.74, 6) is 5.84. The number of amides is 2. The molecule has 0 aliphatic heterocycles. The van der Waals surface area contributed by atoms with Crippen LogP contribution in [0.2, 0.25) is 0 Å². The predicted octanol–water partition coefficient (Wildman–Crippen LogP) is 1.25. The lowest BCUT2D eigenvalue weighted by Gasteiger charge is -2.24. The van der Waals surface area contributed by atoms with Crippen molar-refractivity contribution in [1.82, 2.24) is 20.0 Å². The topological polar surface area (TPSA) is 129 Å². The zero-order chi connectivity index (χ0) is 21.4. The Balaban J connectivity index is 2.25. The van der Waals surface area contributed by atoms with Gasteiger partial charge in [-0.1, -0.05) is 13.0 Å². The number of aryl methyl sites for hydroxylation is 2. The van der Waals surface area contributed by atoms with Gasteiger partial charge in [0.25, 0.3) is 5.95 Å². The fourth-order valence-corrected chi connectivity index (χ4v) is 3.33. The monoisotopic (exact) mass is 421 g/mol. The van der Waals surface area contributed by atoms with Crippen LogP contribution in [-0.2, 0) is 22.4 Å². The van der Waals surface area contributed by atoms with Crippen LogP contribution in [0.5, 0.6) is 0 Å². The lowest BCUT2D eigenvalue weighted by molar-refractivity contribution is -0.154. The summed E-state index contributed by atoms with van der Waals surface area (Å²) in [5, 5.41) is 12.9. The first kappa shape index (κ1) is 22.7. The number of hydrogen-bond acceptors (Lipinski definition) is 9. The third-order valence-corrected chi connectivity index (χ3v) is 5.38. The second kappa shape index (κ2) is 10.8. The second-order valence-electron chi connectivity index (χ2n) is 6.47. The van der Waals surface area contributed by atoms with E-state index in [1.54, 1.807) is 11.3 Å². The summed E-state index contributed by atoms with van der Waals surface area (Å²) >= 11 is 1.58. The molecule has 0 saturated heterocycles. The molecule has 2 aromatic heterocycles. The summed E-state index contributed by atoms with van der Waals surface area (Å²) < 4.78 is 0. The van der Waals surface area contributed by atoms with Crippen molar-refractivity contribution in [1.29, 1.82) is 0 Å². The highest BCUT2D eigenvalue weighted by atomic mass is 32.1. The van der Waals surface area contributed by atoms with Gasteiger partial charge in [-0.05, 0) is 31.2 Å². The van der Waals surface area contributed by atoms with Gasteiger partial charge in [-0.3, -0.25) is 14.8 Å². The number of thiophene rings is 1. The molecular formula is C18H27N7O3S. The number of carbonyl (C=O) groups excluding carboxylic acids is 2. The highest BCUT2D eigenvalue weighted by molar-refractivity contribution is 7.09. The minimum absolute atomic E-state index is 0.0360. The van der Waals surface area contributed by atoms with Crippen molar-refractivity contribution in [3.05, 3.63) is 28.2 Å². The Labute approximate surface area is 173 Å². The lowest BCUT2D eigenvalue weighted by atomic mass is 10.0. The van der Waals surface area contributed by atoms with Crippen LogP contribution in [0.1, 0.15) is 31.0 Å². The molecule has 0 radical (unpaired) electrons. The van der Waals surface area contributed by atoms with E-state index in [1.807, 2.05) is 43.3 Å². The molecule has 2 amide bonds. The number of anilines is 2. The van der Waals surface area contributed by atoms with Crippen molar-refractivity contribution in [2.24, 2.45) is 11.8 Å². The van der Waals surface area contributed by atoms with Crippen molar-refractivity contribution >= 4 is 35.6 Å². The molecule has 10 nitrogen and oxygen atoms in total. The summed E-state index contributed by atoms with van der Waals surface area (Å²) in [6, 6.07) is 3.90. The van der Waals surface area contributed by atoms with Gasteiger partial charge in [0.05, 0.1) is 12.5 Å². The molecule has 0 saturated carbocycles. The van der Waals surface area contributed by atoms with Crippen LogP contribution in [0.15, 0.2) is 17.5 Å². The first-order valence-corrected chi connectivity index (χ1v) is 10.2. The summed E-state index contributed by atoms with van der Waals surface area (Å²) in [4.78, 5) is 39.7. The molecule has 2 rings (SSSR count). The average molecular weight is 422 g/mol. The number of nitrogens with zero attached hydrogens (tertiary/aromatic N) is 6. The molecule has 2 heterocycles. The number of aromatic nitrogens is 3. The first-order chi connectivity index (χ1) is 13.9. The summed E-state index contributed by atoms with van der Waals surface area (Å²) in [7, 11) is 1.83. The maximum atomic E-state index is 13.0. The molecule has 29 heavy (non-hydrogen) atoms. The van der Waals surface area contributed by atoms with E-state index in [-0.39, 0.29) is 18.9 Å². The Kier molecular flexibility index (Phi) is 8.43. The van der Waals surface area contributed by atoms with E-state index >= 15 is 0 Å². The molecular weight excluding hydrogens is 394 g/mol. The van der Waals surface area contributed by atoms with E-state index in [0.29, 0.717) is 42.6 Å². The van der Waals surface area contributed by atoms with Gasteiger partial charge in [0.1, 0.15) is 5.82 Å². The van der Waals surface area contributed by atoms with Crippen LogP contribution in [0.4, 0.5) is 11.9 Å². The van der Waals surface area contributed by atoms with Crippen molar-refractivity contribution in [3.63, 3.8) is 0 Å². The summed E-state index contributed by atoms with van der Waals surface area (Å²) in [5.41, 5.74) is 0. The Morgan fingerprint density at radius 2 is 2.03 bits per heavy atom. The van der Waals surface area contributed by atoms with Crippen LogP contribution in [0.25, 0.3) is 0 Å². The molecule has 11 heteroatoms. The van der Waals surface area contributed by atoms with Crippen LogP contribution < -0.4 is 15.8 Å². The molecule has 0 spiro atoms. The molecule has 0 aliphatic rings. The zero-order valence-electron chi connectivity index (χ0n) is 16.9. The largest absolute Gasteiger partial charge is 0.344 e. The highest BCUT2D eigenvalue weighted by Crippen LogP contribution is 2.19. The standard InChI is InChI=1S/C18H27N7O3S/c1-4-15-20-17(23(3)5-2)22-18(21-15)25(19)16(27)13(11-24(28)12-26)8-9-14-7-6-10-29-14/h6-7,10,12-13,28H,4-5,8-9,11,19H2,1-3H3/t13-/m1/s1. The van der Waals surface area contributed by atoms with Crippen LogP contribution in [0, 0.1) is 5.92 Å². The smallest absolute Gasteiger partial charge is 0.252 e. The molecule has 1 atom stereocenters. The Morgan fingerprint density at radius 3 is 2.62 bits per heavy atom. The summed E-state index contributed by atoms with van der Waals surface area (Å²) in [6.45, 7) is 4.35. The van der Waals surface area contributed by atoms with E-state index in [9.17, 15) is 14.8 Å². The minimum Gasteiger partial charge on any atom is -0.344 e. The van der Waals surface area contributed by atoms with Gasteiger partial charge >= 0.3 is 0 Å². The van der Waals surface area contributed by atoms with Crippen LogP contribution >= 0.6 is 11.3 Å². The second-order valence-corrected chi connectivity index (χ2v) is 7.50. The molecule has 0 aromatic carbocycles. The van der Waals surface area contributed by atoms with Gasteiger partial charge in [-0.15, -0.1) is 11.3 Å². The number of carbonyl (C=O) groups is 2. The number of hydroxylamine groups is 2. The lowest BCUT2D eigenvalue weighted by Crippen LogP contribution is -2.46. The SMILES string of the molecule is CCc1nc(N(C)CC)nc(N(N)C(=O)[C@H](CCc2cccs2)CN(O)C=O)n1. The third kappa shape index (κ3) is 6.17. The number of hydrogen-bond donors (Lipinski definition) is 2. The third-order valence-electron chi connectivity index (χ3n) is 4.44. The fourth-order valence-electron chi connectivity index (χ4n) is 2.60. The van der Waals surface area contributed by atoms with Crippen molar-refractivity contribution in [2.45, 2.75) is 33.1 Å². The number of hydrazine groups is 1. The fraction of sp³-hybridized carbons (Fsp3) is 0.500. The van der Waals surface area contributed by atoms with E-state index < -0.39 is 11.8 Å². The zero-order valence-corrected chi connectivity index (χ0v) is 17.7. The molecule has 2 aromatic rings. The Hall–Kier alpha value is -2.63. The number of rotatable bonds is 11. The molecule has 3 N–H and O–H groups in total. The number of nitrogens with two attached hydrogens (primary N) is 1. The van der Waals surface area contributed by atoms with E-state index in [4.69, 9.17) is 5.84 Å². The van der Waals surface area contributed by atoms with E-state index in [2.05, 4.69) is 15.0 Å². The maximum absolute atomic E-state index is 13.0. The van der Waals surface area contributed by atoms with E-state index in [0.717, 1.165) is 9.89 Å². The van der Waals surface area contributed by atoms with Gasteiger partial charge < -0.3 is 4.90 Å². The Morgan fingerprint density at radius 1 is 1.31 bits per heavy atom. The quantitative estimate of drug-likeness (QED) is 0.182. The van der Waals surface area contributed by atoms with Gasteiger partial charge in [0, 0.05) is 24.9 Å². The Bertz CT molecular complexity index is 803.